The molecule has 1 heterocycles. The van der Waals surface area contributed by atoms with Gasteiger partial charge in [0.1, 0.15) is 11.4 Å². The van der Waals surface area contributed by atoms with E-state index in [0.29, 0.717) is 5.75 Å². The lowest BCUT2D eigenvalue weighted by molar-refractivity contribution is 0.0697. The maximum Gasteiger partial charge on any atom is 0.338 e. The molecule has 3 aromatic rings. The minimum absolute atomic E-state index is 0.0120. The molecule has 0 saturated carbocycles. The summed E-state index contributed by atoms with van der Waals surface area (Å²) in [5.41, 5.74) is 5.79. The fraction of sp³-hybridized carbons (Fsp3) is 0. The molecule has 0 saturated heterocycles. The number of carbonyl (C=O) groups is 1. The SMILES string of the molecule is Nc1c(C(=O)O)ccnc1Oc1cccc2ccccc12. The molecule has 0 aliphatic carbocycles. The number of aromatic carboxylic acids is 1. The van der Waals surface area contributed by atoms with Crippen molar-refractivity contribution < 1.29 is 14.6 Å². The summed E-state index contributed by atoms with van der Waals surface area (Å²) in [6.45, 7) is 0. The molecule has 0 aliphatic rings. The van der Waals surface area contributed by atoms with E-state index in [1.165, 1.54) is 12.3 Å². The Morgan fingerprint density at radius 2 is 1.86 bits per heavy atom. The first-order valence-corrected chi connectivity index (χ1v) is 6.30. The van der Waals surface area contributed by atoms with Crippen LogP contribution in [0.2, 0.25) is 0 Å². The normalized spacial score (nSPS) is 10.5. The number of carboxylic acid groups (broad SMARTS) is 1. The number of hydrogen-bond acceptors (Lipinski definition) is 4. The molecule has 0 bridgehead atoms. The zero-order valence-corrected chi connectivity index (χ0v) is 11.0. The van der Waals surface area contributed by atoms with E-state index in [9.17, 15) is 4.79 Å². The Balaban J connectivity index is 2.07. The van der Waals surface area contributed by atoms with Crippen LogP contribution in [0, 0.1) is 0 Å². The minimum atomic E-state index is -1.11. The fourth-order valence-corrected chi connectivity index (χ4v) is 2.11. The van der Waals surface area contributed by atoms with E-state index in [0.717, 1.165) is 10.8 Å². The standard InChI is InChI=1S/C16H12N2O3/c17-14-12(16(19)20)8-9-18-15(14)21-13-7-3-5-10-4-1-2-6-11(10)13/h1-9H,17H2,(H,19,20). The van der Waals surface area contributed by atoms with Gasteiger partial charge in [0.15, 0.2) is 0 Å². The van der Waals surface area contributed by atoms with Crippen LogP contribution in [0.4, 0.5) is 5.69 Å². The van der Waals surface area contributed by atoms with E-state index in [4.69, 9.17) is 15.6 Å². The molecule has 5 heteroatoms. The van der Waals surface area contributed by atoms with E-state index in [2.05, 4.69) is 4.98 Å². The zero-order valence-electron chi connectivity index (χ0n) is 11.0. The number of hydrogen-bond donors (Lipinski definition) is 2. The number of nitrogens with zero attached hydrogens (tertiary/aromatic N) is 1. The van der Waals surface area contributed by atoms with Crippen molar-refractivity contribution in [2.75, 3.05) is 5.73 Å². The summed E-state index contributed by atoms with van der Waals surface area (Å²) in [5.74, 6) is -0.446. The monoisotopic (exact) mass is 280 g/mol. The van der Waals surface area contributed by atoms with Gasteiger partial charge in [-0.05, 0) is 17.5 Å². The Labute approximate surface area is 120 Å². The molecule has 104 valence electrons. The number of benzene rings is 2. The molecule has 2 aromatic carbocycles. The van der Waals surface area contributed by atoms with Crippen molar-refractivity contribution >= 4 is 22.4 Å². The van der Waals surface area contributed by atoms with E-state index in [1.807, 2.05) is 36.4 Å². The summed E-state index contributed by atoms with van der Waals surface area (Å²) in [5, 5.41) is 11.0. The second kappa shape index (κ2) is 5.13. The lowest BCUT2D eigenvalue weighted by atomic mass is 10.1. The minimum Gasteiger partial charge on any atom is -0.478 e. The van der Waals surface area contributed by atoms with Crippen LogP contribution in [-0.2, 0) is 0 Å². The smallest absolute Gasteiger partial charge is 0.338 e. The van der Waals surface area contributed by atoms with Gasteiger partial charge in [-0.15, -0.1) is 0 Å². The molecule has 0 radical (unpaired) electrons. The third kappa shape index (κ3) is 2.36. The van der Waals surface area contributed by atoms with E-state index in [1.54, 1.807) is 6.07 Å². The van der Waals surface area contributed by atoms with Crippen molar-refractivity contribution in [2.45, 2.75) is 0 Å². The number of ether oxygens (including phenoxy) is 1. The summed E-state index contributed by atoms with van der Waals surface area (Å²) in [6.07, 6.45) is 1.36. The van der Waals surface area contributed by atoms with Crippen LogP contribution >= 0.6 is 0 Å². The maximum absolute atomic E-state index is 11.1. The highest BCUT2D eigenvalue weighted by atomic mass is 16.5. The largest absolute Gasteiger partial charge is 0.478 e. The molecule has 0 aliphatic heterocycles. The van der Waals surface area contributed by atoms with Gasteiger partial charge in [-0.3, -0.25) is 0 Å². The average molecular weight is 280 g/mol. The fourth-order valence-electron chi connectivity index (χ4n) is 2.11. The van der Waals surface area contributed by atoms with Crippen LogP contribution in [0.1, 0.15) is 10.4 Å². The number of rotatable bonds is 3. The lowest BCUT2D eigenvalue weighted by Gasteiger charge is -2.11. The first-order chi connectivity index (χ1) is 10.2. The molecular weight excluding hydrogens is 268 g/mol. The molecule has 0 atom stereocenters. The van der Waals surface area contributed by atoms with E-state index >= 15 is 0 Å². The van der Waals surface area contributed by atoms with Crippen molar-refractivity contribution in [3.05, 3.63) is 60.3 Å². The molecule has 0 amide bonds. The number of carboxylic acids is 1. The van der Waals surface area contributed by atoms with Crippen molar-refractivity contribution in [1.29, 1.82) is 0 Å². The Morgan fingerprint density at radius 1 is 1.10 bits per heavy atom. The number of fused-ring (bicyclic) bond motifs is 1. The average Bonchev–Trinajstić information content (AvgIpc) is 2.49. The van der Waals surface area contributed by atoms with Gasteiger partial charge in [-0.1, -0.05) is 36.4 Å². The topological polar surface area (TPSA) is 85.4 Å². The molecule has 5 nitrogen and oxygen atoms in total. The summed E-state index contributed by atoms with van der Waals surface area (Å²) in [7, 11) is 0. The number of nitrogens with two attached hydrogens (primary N) is 1. The first-order valence-electron chi connectivity index (χ1n) is 6.30. The molecular formula is C16H12N2O3. The van der Waals surface area contributed by atoms with Crippen molar-refractivity contribution in [2.24, 2.45) is 0 Å². The Hall–Kier alpha value is -3.08. The molecule has 3 rings (SSSR count). The summed E-state index contributed by atoms with van der Waals surface area (Å²) >= 11 is 0. The quantitative estimate of drug-likeness (QED) is 0.768. The summed E-state index contributed by atoms with van der Waals surface area (Å²) in [6, 6.07) is 14.7. The predicted octanol–water partition coefficient (Wildman–Crippen LogP) is 3.31. The second-order valence-electron chi connectivity index (χ2n) is 4.46. The van der Waals surface area contributed by atoms with Crippen LogP contribution in [0.25, 0.3) is 10.8 Å². The predicted molar refractivity (Wildman–Crippen MR) is 79.6 cm³/mol. The van der Waals surface area contributed by atoms with Gasteiger partial charge in [-0.25, -0.2) is 9.78 Å². The zero-order chi connectivity index (χ0) is 14.8. The lowest BCUT2D eigenvalue weighted by Crippen LogP contribution is -2.05. The van der Waals surface area contributed by atoms with Crippen LogP contribution in [0.3, 0.4) is 0 Å². The highest BCUT2D eigenvalue weighted by Crippen LogP contribution is 2.32. The Bertz CT molecular complexity index is 825. The number of aromatic nitrogens is 1. The molecule has 0 unspecified atom stereocenters. The highest BCUT2D eigenvalue weighted by molar-refractivity contribution is 5.95. The Kier molecular flexibility index (Phi) is 3.16. The van der Waals surface area contributed by atoms with Gasteiger partial charge in [0, 0.05) is 11.6 Å². The van der Waals surface area contributed by atoms with Crippen molar-refractivity contribution in [1.82, 2.24) is 4.98 Å². The van der Waals surface area contributed by atoms with E-state index < -0.39 is 5.97 Å². The molecule has 0 fully saturated rings. The third-order valence-electron chi connectivity index (χ3n) is 3.14. The van der Waals surface area contributed by atoms with Crippen LogP contribution < -0.4 is 10.5 Å². The van der Waals surface area contributed by atoms with Gasteiger partial charge in [-0.2, -0.15) is 0 Å². The van der Waals surface area contributed by atoms with Crippen molar-refractivity contribution in [3.63, 3.8) is 0 Å². The highest BCUT2D eigenvalue weighted by Gasteiger charge is 2.14. The van der Waals surface area contributed by atoms with Gasteiger partial charge >= 0.3 is 5.97 Å². The number of anilines is 1. The van der Waals surface area contributed by atoms with Gasteiger partial charge in [0.2, 0.25) is 5.88 Å². The van der Waals surface area contributed by atoms with Crippen molar-refractivity contribution in [3.8, 4) is 11.6 Å². The summed E-state index contributed by atoms with van der Waals surface area (Å²) in [4.78, 5) is 15.1. The molecule has 21 heavy (non-hydrogen) atoms. The number of pyridine rings is 1. The molecule has 3 N–H and O–H groups in total. The van der Waals surface area contributed by atoms with Crippen LogP contribution in [0.15, 0.2) is 54.7 Å². The number of nitrogen functional groups attached to an aromatic ring is 1. The van der Waals surface area contributed by atoms with Crippen LogP contribution in [0.5, 0.6) is 11.6 Å². The van der Waals surface area contributed by atoms with Gasteiger partial charge in [0.05, 0.1) is 5.56 Å². The second-order valence-corrected chi connectivity index (χ2v) is 4.46. The third-order valence-corrected chi connectivity index (χ3v) is 3.14. The summed E-state index contributed by atoms with van der Waals surface area (Å²) < 4.78 is 5.71. The molecule has 1 aromatic heterocycles. The molecule has 0 spiro atoms. The maximum atomic E-state index is 11.1. The van der Waals surface area contributed by atoms with Gasteiger partial charge < -0.3 is 15.6 Å². The van der Waals surface area contributed by atoms with E-state index in [-0.39, 0.29) is 17.1 Å². The van der Waals surface area contributed by atoms with Crippen LogP contribution in [-0.4, -0.2) is 16.1 Å². The van der Waals surface area contributed by atoms with Gasteiger partial charge in [0.25, 0.3) is 0 Å². The first kappa shape index (κ1) is 12.9. The Morgan fingerprint density at radius 3 is 2.67 bits per heavy atom.